The van der Waals surface area contributed by atoms with Gasteiger partial charge in [0.2, 0.25) is 5.16 Å². The van der Waals surface area contributed by atoms with Crippen molar-refractivity contribution in [2.45, 2.75) is 56.2 Å². The molecule has 13 heteroatoms. The van der Waals surface area contributed by atoms with Crippen LogP contribution in [0.5, 0.6) is 0 Å². The molecule has 0 spiro atoms. The van der Waals surface area contributed by atoms with E-state index in [-0.39, 0.29) is 31.3 Å². The molecule has 0 aliphatic carbocycles. The number of amides is 2. The Morgan fingerprint density at radius 1 is 0.904 bits per heavy atom. The average Bonchev–Trinajstić information content (AvgIpc) is 3.60. The van der Waals surface area contributed by atoms with Crippen LogP contribution in [-0.2, 0) is 45.6 Å². The van der Waals surface area contributed by atoms with E-state index in [9.17, 15) is 14.7 Å². The van der Waals surface area contributed by atoms with E-state index in [4.69, 9.17) is 14.2 Å². The first-order valence-corrected chi connectivity index (χ1v) is 18.0. The summed E-state index contributed by atoms with van der Waals surface area (Å²) in [6.45, 7) is 2.37. The van der Waals surface area contributed by atoms with Gasteiger partial charge in [-0.05, 0) is 49.9 Å². The van der Waals surface area contributed by atoms with Crippen LogP contribution in [0.1, 0.15) is 47.1 Å². The fourth-order valence-corrected chi connectivity index (χ4v) is 7.09. The van der Waals surface area contributed by atoms with Gasteiger partial charge in [-0.15, -0.1) is 5.10 Å². The Balaban J connectivity index is 1.12. The SMILES string of the molecule is COC(=O)[C@H](Cc1ccccc1)NC(=O)NCc1cccc(-c2ccc([C@H]3O[C@@H](CSc4nnnn4C)[C@@H](C)[C@@H](c4ccc(CO)cc4)O3)cc2)c1. The zero-order valence-electron chi connectivity index (χ0n) is 29.2. The van der Waals surface area contributed by atoms with Gasteiger partial charge in [0.15, 0.2) is 6.29 Å². The Labute approximate surface area is 306 Å². The van der Waals surface area contributed by atoms with Crippen molar-refractivity contribution in [2.24, 2.45) is 13.0 Å². The third kappa shape index (κ3) is 9.22. The van der Waals surface area contributed by atoms with Crippen LogP contribution in [0.15, 0.2) is 108 Å². The first-order chi connectivity index (χ1) is 25.3. The van der Waals surface area contributed by atoms with Gasteiger partial charge in [-0.2, -0.15) is 0 Å². The molecule has 1 aliphatic heterocycles. The second kappa shape index (κ2) is 17.4. The van der Waals surface area contributed by atoms with Crippen LogP contribution in [0.2, 0.25) is 0 Å². The zero-order chi connectivity index (χ0) is 36.5. The number of esters is 1. The lowest BCUT2D eigenvalue weighted by Crippen LogP contribution is -2.47. The van der Waals surface area contributed by atoms with E-state index < -0.39 is 24.3 Å². The summed E-state index contributed by atoms with van der Waals surface area (Å²) in [7, 11) is 3.12. The molecule has 6 rings (SSSR count). The van der Waals surface area contributed by atoms with Crippen LogP contribution in [-0.4, -0.2) is 62.3 Å². The summed E-state index contributed by atoms with van der Waals surface area (Å²) in [5, 5.41) is 27.7. The number of aromatic nitrogens is 4. The van der Waals surface area contributed by atoms with Gasteiger partial charge < -0.3 is 30.0 Å². The molecule has 5 atom stereocenters. The van der Waals surface area contributed by atoms with E-state index in [1.807, 2.05) is 110 Å². The van der Waals surface area contributed by atoms with Crippen LogP contribution in [0.25, 0.3) is 11.1 Å². The maximum Gasteiger partial charge on any atom is 0.328 e. The number of carbonyl (C=O) groups is 2. The normalized spacial score (nSPS) is 19.1. The minimum absolute atomic E-state index is 0.0220. The number of nitrogens with zero attached hydrogens (tertiary/aromatic N) is 4. The second-order valence-electron chi connectivity index (χ2n) is 12.6. The minimum atomic E-state index is -0.816. The molecule has 4 aromatic carbocycles. The lowest BCUT2D eigenvalue weighted by Gasteiger charge is -2.41. The van der Waals surface area contributed by atoms with E-state index >= 15 is 0 Å². The highest BCUT2D eigenvalue weighted by Gasteiger charge is 2.38. The number of methoxy groups -OCH3 is 1. The maximum atomic E-state index is 12.8. The number of aliphatic hydroxyl groups is 1. The predicted octanol–water partition coefficient (Wildman–Crippen LogP) is 5.54. The molecular formula is C39H42N6O6S. The molecule has 1 aromatic heterocycles. The Hall–Kier alpha value is -5.08. The molecule has 5 aromatic rings. The van der Waals surface area contributed by atoms with Gasteiger partial charge in [-0.1, -0.05) is 116 Å². The molecule has 2 amide bonds. The molecule has 0 unspecified atom stereocenters. The summed E-state index contributed by atoms with van der Waals surface area (Å²) >= 11 is 1.54. The van der Waals surface area contributed by atoms with Crippen LogP contribution < -0.4 is 10.6 Å². The molecule has 0 radical (unpaired) electrons. The summed E-state index contributed by atoms with van der Waals surface area (Å²) in [6, 6.07) is 32.0. The van der Waals surface area contributed by atoms with Crippen LogP contribution in [0, 0.1) is 5.92 Å². The number of carbonyl (C=O) groups excluding carboxylic acids is 2. The molecule has 0 saturated carbocycles. The third-order valence-corrected chi connectivity index (χ3v) is 10.2. The first kappa shape index (κ1) is 36.7. The van der Waals surface area contributed by atoms with Crippen LogP contribution in [0.3, 0.4) is 0 Å². The topological polar surface area (TPSA) is 150 Å². The van der Waals surface area contributed by atoms with Crippen molar-refractivity contribution in [3.63, 3.8) is 0 Å². The number of nitrogens with one attached hydrogen (secondary N) is 2. The summed E-state index contributed by atoms with van der Waals surface area (Å²) < 4.78 is 19.8. The van der Waals surface area contributed by atoms with E-state index in [0.717, 1.165) is 38.9 Å². The summed E-state index contributed by atoms with van der Waals surface area (Å²) in [4.78, 5) is 25.2. The summed E-state index contributed by atoms with van der Waals surface area (Å²) in [6.07, 6.45) is -0.691. The number of tetrazole rings is 1. The monoisotopic (exact) mass is 722 g/mol. The van der Waals surface area contributed by atoms with E-state index in [1.54, 1.807) is 4.68 Å². The summed E-state index contributed by atoms with van der Waals surface area (Å²) in [5.74, 6) is 0.148. The summed E-state index contributed by atoms with van der Waals surface area (Å²) in [5.41, 5.74) is 6.52. The van der Waals surface area contributed by atoms with Gasteiger partial charge in [0.25, 0.3) is 0 Å². The van der Waals surface area contributed by atoms with E-state index in [2.05, 4.69) is 33.1 Å². The molecule has 1 saturated heterocycles. The van der Waals surface area contributed by atoms with Crippen molar-refractivity contribution in [3.05, 3.63) is 131 Å². The lowest BCUT2D eigenvalue weighted by molar-refractivity contribution is -0.268. The van der Waals surface area contributed by atoms with Gasteiger partial charge in [-0.25, -0.2) is 14.3 Å². The molecule has 12 nitrogen and oxygen atoms in total. The Bertz CT molecular complexity index is 1920. The largest absolute Gasteiger partial charge is 0.467 e. The Morgan fingerprint density at radius 2 is 1.63 bits per heavy atom. The van der Waals surface area contributed by atoms with Crippen molar-refractivity contribution in [1.29, 1.82) is 0 Å². The Kier molecular flexibility index (Phi) is 12.3. The van der Waals surface area contributed by atoms with E-state index in [0.29, 0.717) is 17.3 Å². The van der Waals surface area contributed by atoms with Gasteiger partial charge >= 0.3 is 12.0 Å². The molecule has 1 aliphatic rings. The highest BCUT2D eigenvalue weighted by molar-refractivity contribution is 7.99. The molecule has 0 bridgehead atoms. The average molecular weight is 723 g/mol. The highest BCUT2D eigenvalue weighted by atomic mass is 32.2. The fourth-order valence-electron chi connectivity index (χ4n) is 6.08. The number of hydrogen-bond donors (Lipinski definition) is 3. The van der Waals surface area contributed by atoms with Crippen LogP contribution in [0.4, 0.5) is 4.79 Å². The third-order valence-electron chi connectivity index (χ3n) is 9.05. The molecule has 52 heavy (non-hydrogen) atoms. The van der Waals surface area contributed by atoms with Crippen molar-refractivity contribution < 1.29 is 28.9 Å². The van der Waals surface area contributed by atoms with Crippen molar-refractivity contribution >= 4 is 23.8 Å². The quantitative estimate of drug-likeness (QED) is 0.105. The number of rotatable bonds is 13. The number of urea groups is 1. The van der Waals surface area contributed by atoms with Crippen molar-refractivity contribution in [2.75, 3.05) is 12.9 Å². The number of benzene rings is 4. The maximum absolute atomic E-state index is 12.8. The fraction of sp³-hybridized carbons (Fsp3) is 0.308. The van der Waals surface area contributed by atoms with Crippen molar-refractivity contribution in [3.8, 4) is 11.1 Å². The number of hydrogen-bond acceptors (Lipinski definition) is 10. The number of thioether (sulfide) groups is 1. The first-order valence-electron chi connectivity index (χ1n) is 17.0. The molecule has 1 fully saturated rings. The van der Waals surface area contributed by atoms with E-state index in [1.165, 1.54) is 18.9 Å². The number of aliphatic hydroxyl groups excluding tert-OH is 1. The predicted molar refractivity (Wildman–Crippen MR) is 196 cm³/mol. The molecule has 2 heterocycles. The van der Waals surface area contributed by atoms with Gasteiger partial charge in [0.1, 0.15) is 6.04 Å². The molecule has 3 N–H and O–H groups in total. The zero-order valence-corrected chi connectivity index (χ0v) is 30.0. The Morgan fingerprint density at radius 3 is 2.33 bits per heavy atom. The smallest absolute Gasteiger partial charge is 0.328 e. The second-order valence-corrected chi connectivity index (χ2v) is 13.6. The number of aryl methyl sites for hydroxylation is 1. The van der Waals surface area contributed by atoms with Gasteiger partial charge in [-0.3, -0.25) is 0 Å². The highest BCUT2D eigenvalue weighted by Crippen LogP contribution is 2.43. The van der Waals surface area contributed by atoms with Gasteiger partial charge in [0.05, 0.1) is 25.9 Å². The molecular weight excluding hydrogens is 681 g/mol. The lowest BCUT2D eigenvalue weighted by atomic mass is 9.91. The van der Waals surface area contributed by atoms with Crippen molar-refractivity contribution in [1.82, 2.24) is 30.8 Å². The molecule has 270 valence electrons. The number of ether oxygens (including phenoxy) is 3. The van der Waals surface area contributed by atoms with Crippen LogP contribution >= 0.6 is 11.8 Å². The van der Waals surface area contributed by atoms with Gasteiger partial charge in [0, 0.05) is 37.2 Å². The standard InChI is InChI=1S/C39H42N6O6S/c1-25-34(24-52-39-42-43-44-45(39)2)50-37(51-35(25)30-14-12-27(23-46)13-15-30)31-18-16-29(17-19-31)32-11-7-10-28(20-32)22-40-38(48)41-33(36(47)49-3)21-26-8-5-4-6-9-26/h4-20,25,33-35,37,46H,21-24H2,1-3H3,(H2,40,41,48)/t25-,33+,34+,35+,37+/m1/s1. The minimum Gasteiger partial charge on any atom is -0.467 e.